The number of hydrogen-bond acceptors (Lipinski definition) is 5. The van der Waals surface area contributed by atoms with Gasteiger partial charge in [-0.1, -0.05) is 25.3 Å². The number of nitrogens with one attached hydrogen (secondary N) is 1. The van der Waals surface area contributed by atoms with Crippen molar-refractivity contribution in [2.75, 3.05) is 19.6 Å². The highest BCUT2D eigenvalue weighted by molar-refractivity contribution is 7.09. The molecule has 2 atom stereocenters. The topological polar surface area (TPSA) is 58.1 Å². The van der Waals surface area contributed by atoms with Crippen molar-refractivity contribution < 1.29 is 4.79 Å². The van der Waals surface area contributed by atoms with E-state index in [4.69, 9.17) is 0 Å². The number of aromatic nitrogens is 2. The number of rotatable bonds is 6. The highest BCUT2D eigenvalue weighted by atomic mass is 32.1. The maximum Gasteiger partial charge on any atom is 0.270 e. The fourth-order valence-electron chi connectivity index (χ4n) is 4.75. The van der Waals surface area contributed by atoms with E-state index in [0.717, 1.165) is 23.9 Å². The molecule has 1 saturated carbocycles. The molecule has 2 fully saturated rings. The lowest BCUT2D eigenvalue weighted by Gasteiger charge is -2.38. The second-order valence-electron chi connectivity index (χ2n) is 8.20. The average Bonchev–Trinajstić information content (AvgIpc) is 3.28. The predicted octanol–water partition coefficient (Wildman–Crippen LogP) is 4.30. The van der Waals surface area contributed by atoms with Crippen LogP contribution in [-0.4, -0.2) is 40.4 Å². The van der Waals surface area contributed by atoms with Gasteiger partial charge in [-0.15, -0.1) is 11.3 Å². The summed E-state index contributed by atoms with van der Waals surface area (Å²) in [5, 5.41) is 6.26. The molecule has 1 aliphatic carbocycles. The third-order valence-corrected chi connectivity index (χ3v) is 7.01. The summed E-state index contributed by atoms with van der Waals surface area (Å²) in [7, 11) is 0. The van der Waals surface area contributed by atoms with Crippen LogP contribution < -0.4 is 5.32 Å². The molecule has 1 saturated heterocycles. The van der Waals surface area contributed by atoms with Crippen LogP contribution in [0.2, 0.25) is 0 Å². The number of likely N-dealkylation sites (tertiary alicyclic amines) is 1. The lowest BCUT2D eigenvalue weighted by atomic mass is 9.86. The fourth-order valence-corrected chi connectivity index (χ4v) is 5.53. The zero-order chi connectivity index (χ0) is 19.2. The van der Waals surface area contributed by atoms with Gasteiger partial charge in [-0.3, -0.25) is 9.78 Å². The second-order valence-corrected chi connectivity index (χ2v) is 9.13. The fraction of sp³-hybridized carbons (Fsp3) is 0.591. The summed E-state index contributed by atoms with van der Waals surface area (Å²) in [6.07, 6.45) is 12.8. The molecule has 5 nitrogen and oxygen atoms in total. The van der Waals surface area contributed by atoms with Crippen LogP contribution in [0.3, 0.4) is 0 Å². The first-order chi connectivity index (χ1) is 13.8. The van der Waals surface area contributed by atoms with Gasteiger partial charge in [0.25, 0.3) is 5.91 Å². The van der Waals surface area contributed by atoms with E-state index in [1.54, 1.807) is 23.6 Å². The van der Waals surface area contributed by atoms with Crippen LogP contribution in [0, 0.1) is 11.8 Å². The van der Waals surface area contributed by atoms with Crippen LogP contribution >= 0.6 is 11.3 Å². The normalized spacial score (nSPS) is 22.6. The number of pyridine rings is 1. The lowest BCUT2D eigenvalue weighted by molar-refractivity contribution is 0.0855. The molecule has 6 heteroatoms. The Morgan fingerprint density at radius 2 is 2.04 bits per heavy atom. The van der Waals surface area contributed by atoms with Gasteiger partial charge in [0.05, 0.1) is 6.04 Å². The van der Waals surface area contributed by atoms with E-state index < -0.39 is 0 Å². The van der Waals surface area contributed by atoms with Crippen LogP contribution in [0.5, 0.6) is 0 Å². The van der Waals surface area contributed by atoms with E-state index in [1.807, 2.05) is 23.7 Å². The molecule has 2 aromatic rings. The Bertz CT molecular complexity index is 730. The summed E-state index contributed by atoms with van der Waals surface area (Å²) < 4.78 is 0. The molecule has 0 aromatic carbocycles. The van der Waals surface area contributed by atoms with Crippen molar-refractivity contribution in [1.29, 1.82) is 0 Å². The Morgan fingerprint density at radius 1 is 1.14 bits per heavy atom. The van der Waals surface area contributed by atoms with E-state index in [1.165, 1.54) is 51.6 Å². The standard InChI is InChI=1S/C22H30N4OS/c27-21(19-10-4-5-11-23-19)25-20(22-24-12-14-28-22)18-9-6-13-26(16-18)15-17-7-2-1-3-8-17/h4-5,10-12,14,17-18,20H,1-3,6-9,13,15-16H2,(H,25,27)/t18-,20-/m1/s1. The van der Waals surface area contributed by atoms with Crippen molar-refractivity contribution in [3.05, 3.63) is 46.7 Å². The molecule has 1 amide bonds. The molecule has 150 valence electrons. The van der Waals surface area contributed by atoms with Gasteiger partial charge in [0.1, 0.15) is 10.7 Å². The molecular weight excluding hydrogens is 368 g/mol. The number of hydrogen-bond donors (Lipinski definition) is 1. The summed E-state index contributed by atoms with van der Waals surface area (Å²) in [6.45, 7) is 3.45. The summed E-state index contributed by atoms with van der Waals surface area (Å²) in [6, 6.07) is 5.42. The quantitative estimate of drug-likeness (QED) is 0.788. The minimum atomic E-state index is -0.106. The molecule has 1 aliphatic heterocycles. The third kappa shape index (κ3) is 4.97. The first-order valence-corrected chi connectivity index (χ1v) is 11.5. The Balaban J connectivity index is 1.44. The number of thiazole rings is 1. The molecule has 0 radical (unpaired) electrons. The number of carbonyl (C=O) groups excluding carboxylic acids is 1. The van der Waals surface area contributed by atoms with Crippen molar-refractivity contribution in [1.82, 2.24) is 20.2 Å². The summed E-state index contributed by atoms with van der Waals surface area (Å²) in [5.41, 5.74) is 0.471. The zero-order valence-corrected chi connectivity index (χ0v) is 17.2. The largest absolute Gasteiger partial charge is 0.341 e. The lowest BCUT2D eigenvalue weighted by Crippen LogP contribution is -2.44. The molecule has 2 aromatic heterocycles. The Kier molecular flexibility index (Phi) is 6.70. The van der Waals surface area contributed by atoms with Gasteiger partial charge in [-0.05, 0) is 56.2 Å². The molecule has 0 bridgehead atoms. The van der Waals surface area contributed by atoms with E-state index in [2.05, 4.69) is 20.2 Å². The zero-order valence-electron chi connectivity index (χ0n) is 16.4. The second kappa shape index (κ2) is 9.61. The molecular formula is C22H30N4OS. The van der Waals surface area contributed by atoms with Crippen molar-refractivity contribution in [2.24, 2.45) is 11.8 Å². The van der Waals surface area contributed by atoms with Gasteiger partial charge in [0.2, 0.25) is 0 Å². The average molecular weight is 399 g/mol. The number of piperidine rings is 1. The minimum absolute atomic E-state index is 0.0383. The molecule has 0 spiro atoms. The monoisotopic (exact) mass is 398 g/mol. The number of carbonyl (C=O) groups is 1. The van der Waals surface area contributed by atoms with Crippen LogP contribution in [0.1, 0.15) is 66.5 Å². The highest BCUT2D eigenvalue weighted by Crippen LogP contribution is 2.33. The van der Waals surface area contributed by atoms with Crippen molar-refractivity contribution in [2.45, 2.75) is 51.0 Å². The predicted molar refractivity (Wildman–Crippen MR) is 112 cm³/mol. The van der Waals surface area contributed by atoms with Crippen LogP contribution in [0.25, 0.3) is 0 Å². The Morgan fingerprint density at radius 3 is 2.79 bits per heavy atom. The maximum atomic E-state index is 12.8. The summed E-state index contributed by atoms with van der Waals surface area (Å²) in [4.78, 5) is 24.2. The van der Waals surface area contributed by atoms with Crippen molar-refractivity contribution in [3.63, 3.8) is 0 Å². The maximum absolute atomic E-state index is 12.8. The molecule has 4 rings (SSSR count). The van der Waals surface area contributed by atoms with Crippen LogP contribution in [0.15, 0.2) is 36.0 Å². The van der Waals surface area contributed by atoms with E-state index in [-0.39, 0.29) is 11.9 Å². The molecule has 0 unspecified atom stereocenters. The first-order valence-electron chi connectivity index (χ1n) is 10.6. The van der Waals surface area contributed by atoms with Gasteiger partial charge in [-0.25, -0.2) is 4.98 Å². The van der Waals surface area contributed by atoms with Gasteiger partial charge in [0, 0.05) is 30.9 Å². The number of amides is 1. The molecule has 2 aliphatic rings. The van der Waals surface area contributed by atoms with E-state index >= 15 is 0 Å². The Labute approximate surface area is 171 Å². The summed E-state index contributed by atoms with van der Waals surface area (Å²) >= 11 is 1.63. The molecule has 3 heterocycles. The Hall–Kier alpha value is -1.79. The van der Waals surface area contributed by atoms with Crippen molar-refractivity contribution in [3.8, 4) is 0 Å². The van der Waals surface area contributed by atoms with E-state index in [0.29, 0.717) is 11.6 Å². The first kappa shape index (κ1) is 19.5. The van der Waals surface area contributed by atoms with Gasteiger partial charge >= 0.3 is 0 Å². The highest BCUT2D eigenvalue weighted by Gasteiger charge is 2.32. The van der Waals surface area contributed by atoms with Crippen LogP contribution in [0.4, 0.5) is 0 Å². The summed E-state index contributed by atoms with van der Waals surface area (Å²) in [5.74, 6) is 1.15. The van der Waals surface area contributed by atoms with Crippen molar-refractivity contribution >= 4 is 17.2 Å². The SMILES string of the molecule is O=C(N[C@@H](c1nccs1)[C@@H]1CCCN(CC2CCCCC2)C1)c1ccccn1. The van der Waals surface area contributed by atoms with Gasteiger partial charge in [-0.2, -0.15) is 0 Å². The van der Waals surface area contributed by atoms with Gasteiger partial charge < -0.3 is 10.2 Å². The minimum Gasteiger partial charge on any atom is -0.341 e. The van der Waals surface area contributed by atoms with Crippen LogP contribution in [-0.2, 0) is 0 Å². The van der Waals surface area contributed by atoms with Gasteiger partial charge in [0.15, 0.2) is 0 Å². The third-order valence-electron chi connectivity index (χ3n) is 6.16. The molecule has 28 heavy (non-hydrogen) atoms. The van der Waals surface area contributed by atoms with E-state index in [9.17, 15) is 4.79 Å². The smallest absolute Gasteiger partial charge is 0.270 e. The number of nitrogens with zero attached hydrogens (tertiary/aromatic N) is 3. The molecule has 1 N–H and O–H groups in total.